The van der Waals surface area contributed by atoms with Crippen molar-refractivity contribution in [2.24, 2.45) is 10.3 Å². The Labute approximate surface area is 180 Å². The van der Waals surface area contributed by atoms with Gasteiger partial charge in [-0.15, -0.1) is 5.11 Å². The Morgan fingerprint density at radius 3 is 2.68 bits per heavy atom. The Balaban J connectivity index is 1.76. The molecule has 1 aliphatic rings. The molecule has 0 spiro atoms. The van der Waals surface area contributed by atoms with Crippen LogP contribution in [0.25, 0.3) is 22.3 Å². The molecule has 1 fully saturated rings. The van der Waals surface area contributed by atoms with Gasteiger partial charge in [-0.2, -0.15) is 0 Å². The Morgan fingerprint density at radius 2 is 1.86 bits per heavy atom. The van der Waals surface area contributed by atoms with Crippen LogP contribution in [0.5, 0.6) is 0 Å². The van der Waals surface area contributed by atoms with Crippen LogP contribution in [0, 0.1) is 0 Å². The van der Waals surface area contributed by atoms with E-state index in [1.807, 2.05) is 36.4 Å². The van der Waals surface area contributed by atoms with Gasteiger partial charge in [0, 0.05) is 32.5 Å². The number of piperidine rings is 1. The van der Waals surface area contributed by atoms with Gasteiger partial charge < -0.3 is 5.73 Å². The van der Waals surface area contributed by atoms with Crippen molar-refractivity contribution >= 4 is 54.3 Å². The third kappa shape index (κ3) is 4.03. The van der Waals surface area contributed by atoms with Crippen molar-refractivity contribution in [1.29, 1.82) is 0 Å². The molecule has 0 amide bonds. The number of anilines is 1. The van der Waals surface area contributed by atoms with Gasteiger partial charge in [0.2, 0.25) is 0 Å². The van der Waals surface area contributed by atoms with Crippen molar-refractivity contribution in [2.75, 3.05) is 12.3 Å². The highest BCUT2D eigenvalue weighted by atomic mass is 79.9. The molecular weight excluding hydrogens is 484 g/mol. The maximum Gasteiger partial charge on any atom is 0.164 e. The molecule has 1 unspecified atom stereocenters. The summed E-state index contributed by atoms with van der Waals surface area (Å²) in [5, 5.41) is 11.9. The van der Waals surface area contributed by atoms with E-state index in [-0.39, 0.29) is 0 Å². The second-order valence-corrected chi connectivity index (χ2v) is 8.78. The maximum absolute atomic E-state index is 6.21. The molecule has 2 aromatic carbocycles. The van der Waals surface area contributed by atoms with Crippen molar-refractivity contribution in [2.45, 2.75) is 32.2 Å². The number of fused-ring (bicyclic) bond motifs is 1. The van der Waals surface area contributed by atoms with Gasteiger partial charge in [-0.05, 0) is 62.6 Å². The molecule has 8 heteroatoms. The van der Waals surface area contributed by atoms with Gasteiger partial charge in [-0.25, -0.2) is 9.97 Å². The highest BCUT2D eigenvalue weighted by molar-refractivity contribution is 9.10. The van der Waals surface area contributed by atoms with Gasteiger partial charge in [0.15, 0.2) is 5.82 Å². The summed E-state index contributed by atoms with van der Waals surface area (Å²) in [4.78, 5) is 9.24. The van der Waals surface area contributed by atoms with Gasteiger partial charge in [0.1, 0.15) is 5.82 Å². The van der Waals surface area contributed by atoms with Crippen LogP contribution in [0.15, 0.2) is 55.7 Å². The third-order valence-corrected chi connectivity index (χ3v) is 5.91. The van der Waals surface area contributed by atoms with Gasteiger partial charge in [0.05, 0.1) is 11.2 Å². The molecule has 2 N–H and O–H groups in total. The quantitative estimate of drug-likeness (QED) is 0.426. The second kappa shape index (κ2) is 8.13. The number of nitrogen functional groups attached to an aromatic ring is 1. The molecule has 0 radical (unpaired) electrons. The molecule has 28 heavy (non-hydrogen) atoms. The molecule has 1 aliphatic heterocycles. The van der Waals surface area contributed by atoms with E-state index in [0.29, 0.717) is 17.7 Å². The van der Waals surface area contributed by atoms with E-state index in [0.717, 1.165) is 50.5 Å². The Morgan fingerprint density at radius 1 is 1.07 bits per heavy atom. The van der Waals surface area contributed by atoms with Crippen LogP contribution >= 0.6 is 31.9 Å². The number of halogens is 2. The van der Waals surface area contributed by atoms with Crippen molar-refractivity contribution in [1.82, 2.24) is 15.0 Å². The fraction of sp³-hybridized carbons (Fsp3) is 0.300. The summed E-state index contributed by atoms with van der Waals surface area (Å²) in [6, 6.07) is 12.0. The van der Waals surface area contributed by atoms with E-state index in [1.54, 1.807) is 0 Å². The average molecular weight is 504 g/mol. The second-order valence-electron chi connectivity index (χ2n) is 6.95. The molecule has 6 nitrogen and oxygen atoms in total. The number of hydrogen-bond acceptors (Lipinski definition) is 5. The summed E-state index contributed by atoms with van der Waals surface area (Å²) < 4.78 is 1.86. The smallest absolute Gasteiger partial charge is 0.164 e. The normalized spacial score (nSPS) is 17.5. The minimum absolute atomic E-state index is 0.405. The van der Waals surface area contributed by atoms with Crippen LogP contribution in [0.3, 0.4) is 0 Å². The molecule has 0 saturated carbocycles. The summed E-state index contributed by atoms with van der Waals surface area (Å²) in [7, 11) is 0. The van der Waals surface area contributed by atoms with Crippen molar-refractivity contribution < 1.29 is 0 Å². The molecule has 1 aromatic heterocycles. The summed E-state index contributed by atoms with van der Waals surface area (Å²) in [6.07, 6.45) is 3.54. The van der Waals surface area contributed by atoms with E-state index in [9.17, 15) is 0 Å². The zero-order valence-electron chi connectivity index (χ0n) is 15.4. The zero-order valence-corrected chi connectivity index (χ0v) is 18.6. The van der Waals surface area contributed by atoms with E-state index in [1.165, 1.54) is 6.42 Å². The monoisotopic (exact) mass is 502 g/mol. The Bertz CT molecular complexity index is 1050. The fourth-order valence-electron chi connectivity index (χ4n) is 3.34. The summed E-state index contributed by atoms with van der Waals surface area (Å²) in [5.41, 5.74) is 8.51. The number of aromatic nitrogens is 2. The summed E-state index contributed by atoms with van der Waals surface area (Å²) in [6.45, 7) is 3.12. The standard InChI is InChI=1S/C20H20Br2N6/c1-12-4-2-3-9-28(12)27-26-18-8-6-14(22)11-16(18)20-24-17-7-5-13(21)10-15(17)19(23)25-20/h5-8,10-12H,2-4,9H2,1H3,(H2,23,24,25). The lowest BCUT2D eigenvalue weighted by Crippen LogP contribution is -2.32. The fourth-order valence-corrected chi connectivity index (χ4v) is 4.06. The lowest BCUT2D eigenvalue weighted by molar-refractivity contribution is 0.156. The topological polar surface area (TPSA) is 79.8 Å². The first-order valence-corrected chi connectivity index (χ1v) is 10.8. The Hall–Kier alpha value is -2.06. The predicted octanol–water partition coefficient (Wildman–Crippen LogP) is 6.28. The Kier molecular flexibility index (Phi) is 5.59. The maximum atomic E-state index is 6.21. The average Bonchev–Trinajstić information content (AvgIpc) is 2.68. The largest absolute Gasteiger partial charge is 0.383 e. The number of hydrogen-bond donors (Lipinski definition) is 1. The number of nitrogens with zero attached hydrogens (tertiary/aromatic N) is 5. The molecule has 0 bridgehead atoms. The highest BCUT2D eigenvalue weighted by Gasteiger charge is 2.17. The molecular formula is C20H20Br2N6. The summed E-state index contributed by atoms with van der Waals surface area (Å²) >= 11 is 7.00. The van der Waals surface area contributed by atoms with Crippen molar-refractivity contribution in [3.63, 3.8) is 0 Å². The number of rotatable bonds is 3. The van der Waals surface area contributed by atoms with Crippen LogP contribution in [0.4, 0.5) is 11.5 Å². The third-order valence-electron chi connectivity index (χ3n) is 4.92. The summed E-state index contributed by atoms with van der Waals surface area (Å²) in [5.74, 6) is 0.975. The molecule has 3 aromatic rings. The first-order valence-electron chi connectivity index (χ1n) is 9.22. The highest BCUT2D eigenvalue weighted by Crippen LogP contribution is 2.34. The van der Waals surface area contributed by atoms with Gasteiger partial charge in [-0.3, -0.25) is 5.01 Å². The molecule has 4 rings (SSSR count). The molecule has 144 valence electrons. The lowest BCUT2D eigenvalue weighted by atomic mass is 10.1. The number of nitrogens with two attached hydrogens (primary N) is 1. The molecule has 0 aliphatic carbocycles. The minimum Gasteiger partial charge on any atom is -0.383 e. The van der Waals surface area contributed by atoms with Gasteiger partial charge in [-0.1, -0.05) is 37.1 Å². The predicted molar refractivity (Wildman–Crippen MR) is 119 cm³/mol. The lowest BCUT2D eigenvalue weighted by Gasteiger charge is -2.29. The molecule has 2 heterocycles. The van der Waals surface area contributed by atoms with Crippen LogP contribution < -0.4 is 5.73 Å². The SMILES string of the molecule is CC1CCCCN1N=Nc1ccc(Br)cc1-c1nc(N)c2cc(Br)ccc2n1. The van der Waals surface area contributed by atoms with E-state index >= 15 is 0 Å². The van der Waals surface area contributed by atoms with Gasteiger partial charge >= 0.3 is 0 Å². The van der Waals surface area contributed by atoms with Crippen LogP contribution in [0.1, 0.15) is 26.2 Å². The zero-order chi connectivity index (χ0) is 19.7. The van der Waals surface area contributed by atoms with Gasteiger partial charge in [0.25, 0.3) is 0 Å². The van der Waals surface area contributed by atoms with Crippen LogP contribution in [0.2, 0.25) is 0 Å². The first kappa shape index (κ1) is 19.3. The molecule has 1 saturated heterocycles. The van der Waals surface area contributed by atoms with E-state index in [4.69, 9.17) is 10.7 Å². The number of benzene rings is 2. The van der Waals surface area contributed by atoms with Crippen LogP contribution in [-0.4, -0.2) is 27.6 Å². The molecule has 1 atom stereocenters. The van der Waals surface area contributed by atoms with E-state index in [2.05, 4.69) is 59.1 Å². The first-order chi connectivity index (χ1) is 13.5. The van der Waals surface area contributed by atoms with Crippen molar-refractivity contribution in [3.05, 3.63) is 45.3 Å². The minimum atomic E-state index is 0.405. The van der Waals surface area contributed by atoms with E-state index < -0.39 is 0 Å². The van der Waals surface area contributed by atoms with Crippen LogP contribution in [-0.2, 0) is 0 Å². The van der Waals surface area contributed by atoms with Crippen molar-refractivity contribution in [3.8, 4) is 11.4 Å².